The van der Waals surface area contributed by atoms with Crippen molar-refractivity contribution in [2.24, 2.45) is 5.41 Å². The van der Waals surface area contributed by atoms with Gasteiger partial charge in [0, 0.05) is 24.3 Å². The molecule has 5 nitrogen and oxygen atoms in total. The lowest BCUT2D eigenvalue weighted by atomic mass is 10.1. The van der Waals surface area contributed by atoms with E-state index >= 15 is 0 Å². The minimum atomic E-state index is -2.95. The van der Waals surface area contributed by atoms with Crippen LogP contribution in [0.15, 0.2) is 18.2 Å². The molecule has 1 aromatic rings. The van der Waals surface area contributed by atoms with Crippen molar-refractivity contribution < 1.29 is 17.9 Å². The summed E-state index contributed by atoms with van der Waals surface area (Å²) in [5.41, 5.74) is 0.764. The topological polar surface area (TPSA) is 64.6 Å². The molecule has 1 aliphatic carbocycles. The molecule has 2 rings (SSSR count). The summed E-state index contributed by atoms with van der Waals surface area (Å²) < 4.78 is 34.2. The van der Waals surface area contributed by atoms with Crippen molar-refractivity contribution in [2.75, 3.05) is 37.1 Å². The van der Waals surface area contributed by atoms with E-state index in [0.29, 0.717) is 19.8 Å². The molecule has 1 saturated carbocycles. The monoisotopic (exact) mass is 327 g/mol. The zero-order chi connectivity index (χ0) is 16.2. The first-order valence-corrected chi connectivity index (χ1v) is 9.75. The van der Waals surface area contributed by atoms with E-state index in [4.69, 9.17) is 9.47 Å². The quantitative estimate of drug-likeness (QED) is 0.755. The Kier molecular flexibility index (Phi) is 5.21. The second kappa shape index (κ2) is 6.77. The molecular weight excluding hydrogens is 302 g/mol. The van der Waals surface area contributed by atoms with Gasteiger partial charge in [0.05, 0.1) is 24.7 Å². The maximum atomic E-state index is 11.5. The number of hydrogen-bond acceptors (Lipinski definition) is 5. The highest BCUT2D eigenvalue weighted by atomic mass is 32.2. The Morgan fingerprint density at radius 2 is 1.86 bits per heavy atom. The van der Waals surface area contributed by atoms with Crippen molar-refractivity contribution in [1.29, 1.82) is 0 Å². The minimum absolute atomic E-state index is 0.115. The zero-order valence-corrected chi connectivity index (χ0v) is 14.3. The van der Waals surface area contributed by atoms with E-state index in [0.717, 1.165) is 30.0 Å². The van der Waals surface area contributed by atoms with Crippen molar-refractivity contribution >= 4 is 15.5 Å². The maximum Gasteiger partial charge on any atom is 0.148 e. The third kappa shape index (κ3) is 4.80. The lowest BCUT2D eigenvalue weighted by Gasteiger charge is -2.18. The Balaban J connectivity index is 2.06. The van der Waals surface area contributed by atoms with E-state index in [1.807, 2.05) is 32.0 Å². The Morgan fingerprint density at radius 3 is 2.41 bits per heavy atom. The van der Waals surface area contributed by atoms with Crippen molar-refractivity contribution in [2.45, 2.75) is 26.7 Å². The molecule has 1 N–H and O–H groups in total. The van der Waals surface area contributed by atoms with Gasteiger partial charge in [-0.05, 0) is 38.8 Å². The van der Waals surface area contributed by atoms with Gasteiger partial charge >= 0.3 is 0 Å². The predicted molar refractivity (Wildman–Crippen MR) is 88.6 cm³/mol. The summed E-state index contributed by atoms with van der Waals surface area (Å²) in [5, 5.41) is 3.35. The lowest BCUT2D eigenvalue weighted by Crippen LogP contribution is -2.24. The molecular formula is C16H25NO4S. The Morgan fingerprint density at radius 1 is 1.18 bits per heavy atom. The van der Waals surface area contributed by atoms with E-state index in [-0.39, 0.29) is 11.2 Å². The molecule has 1 aromatic carbocycles. The van der Waals surface area contributed by atoms with Gasteiger partial charge in [-0.1, -0.05) is 0 Å². The molecule has 1 fully saturated rings. The number of ether oxygens (including phenoxy) is 2. The molecule has 0 aliphatic heterocycles. The Bertz CT molecular complexity index is 609. The molecule has 124 valence electrons. The van der Waals surface area contributed by atoms with E-state index in [1.165, 1.54) is 6.26 Å². The summed E-state index contributed by atoms with van der Waals surface area (Å²) in [6, 6.07) is 5.68. The average Bonchev–Trinajstić information content (AvgIpc) is 3.16. The zero-order valence-electron chi connectivity index (χ0n) is 13.5. The molecule has 0 unspecified atom stereocenters. The third-order valence-electron chi connectivity index (χ3n) is 3.74. The van der Waals surface area contributed by atoms with E-state index in [2.05, 4.69) is 5.32 Å². The summed E-state index contributed by atoms with van der Waals surface area (Å²) in [6.07, 6.45) is 3.21. The molecule has 0 amide bonds. The van der Waals surface area contributed by atoms with Crippen LogP contribution in [0.3, 0.4) is 0 Å². The number of sulfone groups is 1. The van der Waals surface area contributed by atoms with Gasteiger partial charge in [0.2, 0.25) is 0 Å². The van der Waals surface area contributed by atoms with Gasteiger partial charge in [-0.15, -0.1) is 0 Å². The Hall–Kier alpha value is -1.43. The first-order chi connectivity index (χ1) is 10.4. The summed E-state index contributed by atoms with van der Waals surface area (Å²) >= 11 is 0. The summed E-state index contributed by atoms with van der Waals surface area (Å²) in [6.45, 7) is 5.69. The highest BCUT2D eigenvalue weighted by molar-refractivity contribution is 7.90. The summed E-state index contributed by atoms with van der Waals surface area (Å²) in [5.74, 6) is 1.76. The van der Waals surface area contributed by atoms with Crippen molar-refractivity contribution in [3.63, 3.8) is 0 Å². The van der Waals surface area contributed by atoms with E-state index in [9.17, 15) is 8.42 Å². The highest BCUT2D eigenvalue weighted by Crippen LogP contribution is 2.47. The molecule has 22 heavy (non-hydrogen) atoms. The molecule has 0 radical (unpaired) electrons. The molecule has 0 saturated heterocycles. The van der Waals surface area contributed by atoms with Gasteiger partial charge in [-0.2, -0.15) is 0 Å². The molecule has 0 aromatic heterocycles. The largest absolute Gasteiger partial charge is 0.494 e. The van der Waals surface area contributed by atoms with Crippen LogP contribution in [0, 0.1) is 5.41 Å². The van der Waals surface area contributed by atoms with Crippen LogP contribution < -0.4 is 14.8 Å². The fraction of sp³-hybridized carbons (Fsp3) is 0.625. The van der Waals surface area contributed by atoms with Crippen molar-refractivity contribution in [3.05, 3.63) is 18.2 Å². The van der Waals surface area contributed by atoms with Gasteiger partial charge in [0.15, 0.2) is 0 Å². The number of hydrogen-bond donors (Lipinski definition) is 1. The second-order valence-electron chi connectivity index (χ2n) is 5.95. The SMILES string of the molecule is CCOc1ccc(NCC2(CS(C)(=O)=O)CC2)c(OCC)c1. The molecule has 0 atom stereocenters. The first kappa shape index (κ1) is 16.9. The number of rotatable bonds is 9. The van der Waals surface area contributed by atoms with Crippen LogP contribution in [0.1, 0.15) is 26.7 Å². The molecule has 0 bridgehead atoms. The van der Waals surface area contributed by atoms with Gasteiger partial charge < -0.3 is 14.8 Å². The summed E-state index contributed by atoms with van der Waals surface area (Å²) in [7, 11) is -2.95. The van der Waals surface area contributed by atoms with E-state index < -0.39 is 9.84 Å². The van der Waals surface area contributed by atoms with Crippen LogP contribution in [-0.2, 0) is 9.84 Å². The minimum Gasteiger partial charge on any atom is -0.494 e. The molecule has 0 spiro atoms. The fourth-order valence-electron chi connectivity index (χ4n) is 2.57. The van der Waals surface area contributed by atoms with Crippen molar-refractivity contribution in [3.8, 4) is 11.5 Å². The first-order valence-electron chi connectivity index (χ1n) is 7.69. The van der Waals surface area contributed by atoms with Crippen LogP contribution >= 0.6 is 0 Å². The van der Waals surface area contributed by atoms with Gasteiger partial charge in [-0.3, -0.25) is 0 Å². The molecule has 0 heterocycles. The third-order valence-corrected chi connectivity index (χ3v) is 4.88. The second-order valence-corrected chi connectivity index (χ2v) is 8.09. The van der Waals surface area contributed by atoms with Crippen molar-refractivity contribution in [1.82, 2.24) is 0 Å². The van der Waals surface area contributed by atoms with E-state index in [1.54, 1.807) is 0 Å². The summed E-state index contributed by atoms with van der Waals surface area (Å²) in [4.78, 5) is 0. The molecule has 1 aliphatic rings. The highest BCUT2D eigenvalue weighted by Gasteiger charge is 2.45. The number of benzene rings is 1. The van der Waals surface area contributed by atoms with Gasteiger partial charge in [0.1, 0.15) is 21.3 Å². The number of nitrogens with one attached hydrogen (secondary N) is 1. The lowest BCUT2D eigenvalue weighted by molar-refractivity contribution is 0.324. The predicted octanol–water partition coefficient (Wildman–Crippen LogP) is 2.72. The smallest absolute Gasteiger partial charge is 0.148 e. The molecule has 6 heteroatoms. The van der Waals surface area contributed by atoms with Crippen LogP contribution in [-0.4, -0.2) is 40.2 Å². The van der Waals surface area contributed by atoms with Crippen LogP contribution in [0.4, 0.5) is 5.69 Å². The van der Waals surface area contributed by atoms with Crippen LogP contribution in [0.2, 0.25) is 0 Å². The Labute approximate surface area is 132 Å². The van der Waals surface area contributed by atoms with Gasteiger partial charge in [-0.25, -0.2) is 8.42 Å². The fourth-order valence-corrected chi connectivity index (χ4v) is 4.07. The number of anilines is 1. The standard InChI is InChI=1S/C16H25NO4S/c1-4-20-13-6-7-14(15(10-13)21-5-2)17-11-16(8-9-16)12-22(3,18)19/h6-7,10,17H,4-5,8-9,11-12H2,1-3H3. The van der Waals surface area contributed by atoms with Crippen LogP contribution in [0.25, 0.3) is 0 Å². The normalized spacial score (nSPS) is 16.1. The maximum absolute atomic E-state index is 11.5. The van der Waals surface area contributed by atoms with Crippen LogP contribution in [0.5, 0.6) is 11.5 Å². The van der Waals surface area contributed by atoms with Gasteiger partial charge in [0.25, 0.3) is 0 Å². The average molecular weight is 327 g/mol.